The fourth-order valence-electron chi connectivity index (χ4n) is 3.97. The molecule has 130 valence electrons. The van der Waals surface area contributed by atoms with Gasteiger partial charge in [0.05, 0.1) is 5.41 Å². The number of carbonyl (C=O) groups is 1. The summed E-state index contributed by atoms with van der Waals surface area (Å²) in [5.41, 5.74) is 1.93. The summed E-state index contributed by atoms with van der Waals surface area (Å²) in [7, 11) is 0. The van der Waals surface area contributed by atoms with Crippen molar-refractivity contribution in [3.05, 3.63) is 70.5 Å². The summed E-state index contributed by atoms with van der Waals surface area (Å²) < 4.78 is 13.1. The van der Waals surface area contributed by atoms with Gasteiger partial charge in [0.25, 0.3) is 0 Å². The van der Waals surface area contributed by atoms with Gasteiger partial charge in [-0.2, -0.15) is 0 Å². The molecule has 4 heteroatoms. The molecule has 0 radical (unpaired) electrons. The van der Waals surface area contributed by atoms with Crippen molar-refractivity contribution >= 4 is 17.5 Å². The van der Waals surface area contributed by atoms with Crippen molar-refractivity contribution < 1.29 is 9.18 Å². The van der Waals surface area contributed by atoms with E-state index >= 15 is 0 Å². The largest absolute Gasteiger partial charge is 0.342 e. The van der Waals surface area contributed by atoms with Crippen LogP contribution < -0.4 is 0 Å². The summed E-state index contributed by atoms with van der Waals surface area (Å²) in [5.74, 6) is 0.470. The van der Waals surface area contributed by atoms with Crippen LogP contribution in [0.15, 0.2) is 48.5 Å². The molecular formula is C21H21ClFNO. The molecule has 0 spiro atoms. The van der Waals surface area contributed by atoms with Crippen LogP contribution in [-0.4, -0.2) is 23.9 Å². The van der Waals surface area contributed by atoms with Gasteiger partial charge in [0.1, 0.15) is 5.82 Å². The Morgan fingerprint density at radius 2 is 1.60 bits per heavy atom. The van der Waals surface area contributed by atoms with Gasteiger partial charge in [-0.15, -0.1) is 0 Å². The summed E-state index contributed by atoms with van der Waals surface area (Å²) in [5, 5.41) is 0.701. The molecule has 0 N–H and O–H groups in total. The molecular weight excluding hydrogens is 337 g/mol. The second-order valence-corrected chi connectivity index (χ2v) is 7.64. The highest BCUT2D eigenvalue weighted by Crippen LogP contribution is 2.50. The Labute approximate surface area is 152 Å². The molecule has 1 aliphatic carbocycles. The van der Waals surface area contributed by atoms with Gasteiger partial charge in [-0.25, -0.2) is 4.39 Å². The van der Waals surface area contributed by atoms with Gasteiger partial charge >= 0.3 is 0 Å². The third-order valence-electron chi connectivity index (χ3n) is 5.68. The standard InChI is InChI=1S/C21H21ClFNO/c22-18-5-3-17(4-6-18)21(11-12-21)20(25)24-13-9-16(10-14-24)15-1-7-19(23)8-2-15/h1-8,16H,9-14H2. The van der Waals surface area contributed by atoms with Gasteiger partial charge in [0, 0.05) is 18.1 Å². The van der Waals surface area contributed by atoms with Crippen molar-refractivity contribution in [2.24, 2.45) is 0 Å². The molecule has 2 nitrogen and oxygen atoms in total. The lowest BCUT2D eigenvalue weighted by Gasteiger charge is -2.35. The Hall–Kier alpha value is -1.87. The van der Waals surface area contributed by atoms with E-state index in [0.29, 0.717) is 10.9 Å². The number of carbonyl (C=O) groups excluding carboxylic acids is 1. The lowest BCUT2D eigenvalue weighted by Crippen LogP contribution is -2.43. The van der Waals surface area contributed by atoms with Gasteiger partial charge in [-0.3, -0.25) is 4.79 Å². The molecule has 0 atom stereocenters. The van der Waals surface area contributed by atoms with Gasteiger partial charge < -0.3 is 4.90 Å². The first kappa shape index (κ1) is 16.6. The topological polar surface area (TPSA) is 20.3 Å². The monoisotopic (exact) mass is 357 g/mol. The van der Waals surface area contributed by atoms with Crippen molar-refractivity contribution in [1.29, 1.82) is 0 Å². The molecule has 2 aliphatic rings. The first-order valence-corrected chi connectivity index (χ1v) is 9.27. The molecule has 4 rings (SSSR count). The third-order valence-corrected chi connectivity index (χ3v) is 5.93. The SMILES string of the molecule is O=C(N1CCC(c2ccc(F)cc2)CC1)C1(c2ccc(Cl)cc2)CC1. The molecule has 0 unspecified atom stereocenters. The summed E-state index contributed by atoms with van der Waals surface area (Å²) in [6.07, 6.45) is 3.72. The molecule has 1 saturated heterocycles. The average molecular weight is 358 g/mol. The maximum absolute atomic E-state index is 13.1. The first-order valence-electron chi connectivity index (χ1n) is 8.89. The molecule has 2 aromatic carbocycles. The van der Waals surface area contributed by atoms with E-state index in [1.807, 2.05) is 41.3 Å². The van der Waals surface area contributed by atoms with Gasteiger partial charge in [0.15, 0.2) is 0 Å². The number of likely N-dealkylation sites (tertiary alicyclic amines) is 1. The van der Waals surface area contributed by atoms with Crippen molar-refractivity contribution in [1.82, 2.24) is 4.90 Å². The number of benzene rings is 2. The highest BCUT2D eigenvalue weighted by Gasteiger charge is 2.53. The molecule has 1 aliphatic heterocycles. The zero-order valence-corrected chi connectivity index (χ0v) is 14.8. The van der Waals surface area contributed by atoms with E-state index in [-0.39, 0.29) is 17.1 Å². The highest BCUT2D eigenvalue weighted by molar-refractivity contribution is 6.30. The number of halogens is 2. The van der Waals surface area contributed by atoms with E-state index < -0.39 is 0 Å². The number of hydrogen-bond acceptors (Lipinski definition) is 1. The van der Waals surface area contributed by atoms with Crippen LogP contribution in [0.1, 0.15) is 42.7 Å². The van der Waals surface area contributed by atoms with Crippen LogP contribution in [0, 0.1) is 5.82 Å². The third kappa shape index (κ3) is 3.18. The van der Waals surface area contributed by atoms with E-state index in [4.69, 9.17) is 11.6 Å². The molecule has 2 aromatic rings. The molecule has 1 amide bonds. The molecule has 2 fully saturated rings. The Bertz CT molecular complexity index is 759. The predicted molar refractivity (Wildman–Crippen MR) is 97.3 cm³/mol. The van der Waals surface area contributed by atoms with Crippen LogP contribution in [0.5, 0.6) is 0 Å². The molecule has 0 aromatic heterocycles. The minimum Gasteiger partial charge on any atom is -0.342 e. The minimum atomic E-state index is -0.326. The quantitative estimate of drug-likeness (QED) is 0.763. The van der Waals surface area contributed by atoms with Crippen molar-refractivity contribution in [2.45, 2.75) is 37.0 Å². The molecule has 1 heterocycles. The highest BCUT2D eigenvalue weighted by atomic mass is 35.5. The minimum absolute atomic E-state index is 0.199. The van der Waals surface area contributed by atoms with Gasteiger partial charge in [-0.1, -0.05) is 35.9 Å². The lowest BCUT2D eigenvalue weighted by atomic mass is 9.87. The number of amides is 1. The van der Waals surface area contributed by atoms with Gasteiger partial charge in [-0.05, 0) is 67.0 Å². The Kier molecular flexibility index (Phi) is 4.28. The van der Waals surface area contributed by atoms with E-state index in [1.165, 1.54) is 17.7 Å². The second-order valence-electron chi connectivity index (χ2n) is 7.21. The number of rotatable bonds is 3. The van der Waals surface area contributed by atoms with Gasteiger partial charge in [0.2, 0.25) is 5.91 Å². The predicted octanol–water partition coefficient (Wildman–Crippen LogP) is 4.92. The van der Waals surface area contributed by atoms with Crippen LogP contribution in [0.3, 0.4) is 0 Å². The van der Waals surface area contributed by atoms with E-state index in [2.05, 4.69) is 0 Å². The maximum Gasteiger partial charge on any atom is 0.233 e. The zero-order valence-electron chi connectivity index (χ0n) is 14.1. The van der Waals surface area contributed by atoms with Crippen molar-refractivity contribution in [2.75, 3.05) is 13.1 Å². The van der Waals surface area contributed by atoms with E-state index in [0.717, 1.165) is 44.3 Å². The summed E-state index contributed by atoms with van der Waals surface area (Å²) in [4.78, 5) is 15.1. The summed E-state index contributed by atoms with van der Waals surface area (Å²) in [6.45, 7) is 1.55. The normalized spacial score (nSPS) is 19.7. The van der Waals surface area contributed by atoms with Crippen LogP contribution in [0.2, 0.25) is 5.02 Å². The van der Waals surface area contributed by atoms with E-state index in [1.54, 1.807) is 0 Å². The lowest BCUT2D eigenvalue weighted by molar-refractivity contribution is -0.135. The smallest absolute Gasteiger partial charge is 0.233 e. The molecule has 25 heavy (non-hydrogen) atoms. The fraction of sp³-hybridized carbons (Fsp3) is 0.381. The first-order chi connectivity index (χ1) is 12.1. The van der Waals surface area contributed by atoms with Crippen LogP contribution >= 0.6 is 11.6 Å². The number of piperidine rings is 1. The van der Waals surface area contributed by atoms with Crippen molar-refractivity contribution in [3.8, 4) is 0 Å². The Balaban J connectivity index is 1.43. The van der Waals surface area contributed by atoms with Crippen molar-refractivity contribution in [3.63, 3.8) is 0 Å². The molecule has 0 bridgehead atoms. The van der Waals surface area contributed by atoms with Crippen LogP contribution in [0.25, 0.3) is 0 Å². The number of nitrogens with zero attached hydrogens (tertiary/aromatic N) is 1. The van der Waals surface area contributed by atoms with E-state index in [9.17, 15) is 9.18 Å². The summed E-state index contributed by atoms with van der Waals surface area (Å²) >= 11 is 5.98. The number of hydrogen-bond donors (Lipinski definition) is 0. The fourth-order valence-corrected chi connectivity index (χ4v) is 4.10. The maximum atomic E-state index is 13.1. The molecule has 1 saturated carbocycles. The Morgan fingerprint density at radius 1 is 1.00 bits per heavy atom. The van der Waals surface area contributed by atoms with Crippen LogP contribution in [0.4, 0.5) is 4.39 Å². The average Bonchev–Trinajstić information content (AvgIpc) is 3.44. The summed E-state index contributed by atoms with van der Waals surface area (Å²) in [6, 6.07) is 14.5. The Morgan fingerprint density at radius 3 is 2.16 bits per heavy atom. The zero-order chi connectivity index (χ0) is 17.4. The van der Waals surface area contributed by atoms with Crippen LogP contribution in [-0.2, 0) is 10.2 Å². The second kappa shape index (κ2) is 6.45.